The first-order valence-corrected chi connectivity index (χ1v) is 26.8. The normalized spacial score (nSPS) is 20.5. The number of hydrogen-bond donors (Lipinski definition) is 6. The van der Waals surface area contributed by atoms with E-state index in [1.54, 1.807) is 0 Å². The summed E-state index contributed by atoms with van der Waals surface area (Å²) in [6.07, 6.45) is 34.0. The van der Waals surface area contributed by atoms with Crippen LogP contribution in [0, 0.1) is 0 Å². The topological polar surface area (TPSA) is 192 Å². The standard InChI is InChI=1S/C48H95NO11S/c1-3-5-7-9-11-13-15-16-17-18-19-20-21-22-23-24-25-26-28-29-31-33-35-37-42(51)41(49-44(52)38-36-34-32-30-27-14-12-10-8-6-4-2)40-58-48-46(54)47(60-61(55,56)57)45(53)43(39-50)59-48/h41-43,45-48,50-51,53-54H,3-40H2,1-2H3,(H,49,52)(H,55,56,57). The molecule has 7 unspecified atom stereocenters. The van der Waals surface area contributed by atoms with E-state index in [0.717, 1.165) is 51.4 Å². The summed E-state index contributed by atoms with van der Waals surface area (Å²) in [6, 6.07) is -0.851. The zero-order valence-electron chi connectivity index (χ0n) is 39.0. The average Bonchev–Trinajstić information content (AvgIpc) is 3.23. The number of ether oxygens (including phenoxy) is 2. The Hall–Kier alpha value is -0.900. The van der Waals surface area contributed by atoms with Gasteiger partial charge < -0.3 is 35.2 Å². The van der Waals surface area contributed by atoms with Crippen molar-refractivity contribution in [3.8, 4) is 0 Å². The molecular formula is C48H95NO11S. The van der Waals surface area contributed by atoms with E-state index < -0.39 is 59.9 Å². The molecule has 0 aromatic rings. The molecule has 1 aliphatic heterocycles. The van der Waals surface area contributed by atoms with Crippen LogP contribution in [0.25, 0.3) is 0 Å². The molecule has 0 spiro atoms. The summed E-state index contributed by atoms with van der Waals surface area (Å²) >= 11 is 0. The van der Waals surface area contributed by atoms with Crippen molar-refractivity contribution in [1.82, 2.24) is 5.32 Å². The maximum atomic E-state index is 13.0. The van der Waals surface area contributed by atoms with E-state index in [9.17, 15) is 38.2 Å². The zero-order chi connectivity index (χ0) is 44.8. The second-order valence-electron chi connectivity index (χ2n) is 18.1. The third-order valence-electron chi connectivity index (χ3n) is 12.4. The van der Waals surface area contributed by atoms with Crippen molar-refractivity contribution in [2.45, 2.75) is 288 Å². The van der Waals surface area contributed by atoms with Gasteiger partial charge in [0.1, 0.15) is 24.4 Å². The largest absolute Gasteiger partial charge is 0.397 e. The van der Waals surface area contributed by atoms with Gasteiger partial charge in [0.15, 0.2) is 6.29 Å². The summed E-state index contributed by atoms with van der Waals surface area (Å²) in [5.41, 5.74) is 0. The second kappa shape index (κ2) is 39.5. The Kier molecular flexibility index (Phi) is 37.6. The highest BCUT2D eigenvalue weighted by atomic mass is 32.3. The summed E-state index contributed by atoms with van der Waals surface area (Å²) < 4.78 is 47.7. The number of aliphatic hydroxyl groups excluding tert-OH is 4. The van der Waals surface area contributed by atoms with Crippen LogP contribution in [-0.4, -0.2) is 95.4 Å². The minimum atomic E-state index is -5.07. The Labute approximate surface area is 373 Å². The number of aliphatic hydroxyl groups is 4. The molecule has 1 heterocycles. The first-order chi connectivity index (χ1) is 29.5. The highest BCUT2D eigenvalue weighted by Crippen LogP contribution is 2.26. The fourth-order valence-electron chi connectivity index (χ4n) is 8.46. The molecule has 1 fully saturated rings. The maximum absolute atomic E-state index is 13.0. The van der Waals surface area contributed by atoms with E-state index >= 15 is 0 Å². The molecule has 1 rings (SSSR count). The first kappa shape index (κ1) is 58.1. The third kappa shape index (κ3) is 32.4. The van der Waals surface area contributed by atoms with Crippen molar-refractivity contribution in [3.05, 3.63) is 0 Å². The third-order valence-corrected chi connectivity index (χ3v) is 12.9. The molecule has 7 atom stereocenters. The van der Waals surface area contributed by atoms with Crippen LogP contribution >= 0.6 is 0 Å². The average molecular weight is 894 g/mol. The monoisotopic (exact) mass is 894 g/mol. The van der Waals surface area contributed by atoms with Crippen molar-refractivity contribution in [2.75, 3.05) is 13.2 Å². The van der Waals surface area contributed by atoms with E-state index in [-0.39, 0.29) is 12.5 Å². The molecule has 0 bridgehead atoms. The summed E-state index contributed by atoms with van der Waals surface area (Å²) in [5.74, 6) is -0.228. The van der Waals surface area contributed by atoms with Crippen molar-refractivity contribution >= 4 is 16.3 Å². The number of carbonyl (C=O) groups excluding carboxylic acids is 1. The molecule has 1 aliphatic rings. The zero-order valence-corrected chi connectivity index (χ0v) is 39.8. The number of unbranched alkanes of at least 4 members (excludes halogenated alkanes) is 32. The Morgan fingerprint density at radius 3 is 1.31 bits per heavy atom. The Morgan fingerprint density at radius 1 is 0.590 bits per heavy atom. The van der Waals surface area contributed by atoms with Crippen LogP contribution in [0.5, 0.6) is 0 Å². The lowest BCUT2D eigenvalue weighted by Gasteiger charge is -2.41. The van der Waals surface area contributed by atoms with Crippen molar-refractivity contribution in [1.29, 1.82) is 0 Å². The molecule has 0 aromatic carbocycles. The lowest BCUT2D eigenvalue weighted by Crippen LogP contribution is -2.61. The van der Waals surface area contributed by atoms with Gasteiger partial charge >= 0.3 is 10.4 Å². The molecule has 0 saturated carbocycles. The summed E-state index contributed by atoms with van der Waals surface area (Å²) in [4.78, 5) is 13.0. The van der Waals surface area contributed by atoms with Crippen LogP contribution in [0.1, 0.15) is 245 Å². The molecule has 0 radical (unpaired) electrons. The molecular weight excluding hydrogens is 799 g/mol. The van der Waals surface area contributed by atoms with E-state index in [2.05, 4.69) is 23.3 Å². The van der Waals surface area contributed by atoms with Crippen molar-refractivity contribution < 1.29 is 51.8 Å². The molecule has 364 valence electrons. The van der Waals surface area contributed by atoms with E-state index in [4.69, 9.17) is 9.47 Å². The van der Waals surface area contributed by atoms with Crippen LogP contribution < -0.4 is 5.32 Å². The number of carbonyl (C=O) groups is 1. The van der Waals surface area contributed by atoms with E-state index in [0.29, 0.717) is 12.8 Å². The summed E-state index contributed by atoms with van der Waals surface area (Å²) in [6.45, 7) is 3.46. The van der Waals surface area contributed by atoms with Crippen molar-refractivity contribution in [3.63, 3.8) is 0 Å². The highest BCUT2D eigenvalue weighted by molar-refractivity contribution is 7.80. The van der Waals surface area contributed by atoms with Gasteiger partial charge in [-0.2, -0.15) is 8.42 Å². The van der Waals surface area contributed by atoms with Gasteiger partial charge in [-0.05, 0) is 12.8 Å². The first-order valence-electron chi connectivity index (χ1n) is 25.4. The Balaban J connectivity index is 2.37. The van der Waals surface area contributed by atoms with Crippen LogP contribution in [0.15, 0.2) is 0 Å². The number of hydrogen-bond acceptors (Lipinski definition) is 10. The lowest BCUT2D eigenvalue weighted by molar-refractivity contribution is -0.298. The fourth-order valence-corrected chi connectivity index (χ4v) is 8.97. The van der Waals surface area contributed by atoms with E-state index in [1.807, 2.05) is 0 Å². The minimum absolute atomic E-state index is 0.228. The number of rotatable bonds is 44. The van der Waals surface area contributed by atoms with Gasteiger partial charge in [0, 0.05) is 6.42 Å². The van der Waals surface area contributed by atoms with Gasteiger partial charge in [0.2, 0.25) is 5.91 Å². The lowest BCUT2D eigenvalue weighted by atomic mass is 9.99. The molecule has 12 nitrogen and oxygen atoms in total. The highest BCUT2D eigenvalue weighted by Gasteiger charge is 2.48. The van der Waals surface area contributed by atoms with E-state index in [1.165, 1.54) is 167 Å². The summed E-state index contributed by atoms with van der Waals surface area (Å²) in [7, 11) is -5.07. The second-order valence-corrected chi connectivity index (χ2v) is 19.2. The molecule has 0 aliphatic carbocycles. The molecule has 13 heteroatoms. The number of nitrogens with one attached hydrogen (secondary N) is 1. The maximum Gasteiger partial charge on any atom is 0.397 e. The number of amides is 1. The van der Waals surface area contributed by atoms with Crippen molar-refractivity contribution in [2.24, 2.45) is 0 Å². The minimum Gasteiger partial charge on any atom is -0.394 e. The van der Waals surface area contributed by atoms with Gasteiger partial charge in [0.05, 0.1) is 25.4 Å². The smallest absolute Gasteiger partial charge is 0.394 e. The molecule has 61 heavy (non-hydrogen) atoms. The van der Waals surface area contributed by atoms with Gasteiger partial charge in [-0.15, -0.1) is 0 Å². The molecule has 0 aromatic heterocycles. The molecule has 1 saturated heterocycles. The quantitative estimate of drug-likeness (QED) is 0.0252. The van der Waals surface area contributed by atoms with Gasteiger partial charge in [0.25, 0.3) is 0 Å². The van der Waals surface area contributed by atoms with Gasteiger partial charge in [-0.1, -0.05) is 226 Å². The molecule has 1 amide bonds. The van der Waals surface area contributed by atoms with Crippen LogP contribution in [0.4, 0.5) is 0 Å². The Morgan fingerprint density at radius 2 is 0.951 bits per heavy atom. The van der Waals surface area contributed by atoms with Gasteiger partial charge in [-0.3, -0.25) is 9.35 Å². The SMILES string of the molecule is CCCCCCCCCCCCCCCCCCCCCCCCCC(O)C(COC1OC(CO)C(O)C(OS(=O)(=O)O)C1O)NC(=O)CCCCCCCCCCCCC. The Bertz CT molecular complexity index is 1100. The van der Waals surface area contributed by atoms with Crippen LogP contribution in [-0.2, 0) is 28.9 Å². The van der Waals surface area contributed by atoms with Crippen LogP contribution in [0.2, 0.25) is 0 Å². The van der Waals surface area contributed by atoms with Crippen LogP contribution in [0.3, 0.4) is 0 Å². The predicted molar refractivity (Wildman–Crippen MR) is 246 cm³/mol. The fraction of sp³-hybridized carbons (Fsp3) is 0.979. The van der Waals surface area contributed by atoms with Gasteiger partial charge in [-0.25, -0.2) is 4.18 Å². The summed E-state index contributed by atoms with van der Waals surface area (Å²) in [5, 5.41) is 44.9. The predicted octanol–water partition coefficient (Wildman–Crippen LogP) is 10.6. The molecule has 6 N–H and O–H groups in total.